The van der Waals surface area contributed by atoms with Crippen molar-refractivity contribution in [3.05, 3.63) is 24.2 Å². The molecule has 0 aromatic carbocycles. The second-order valence-corrected chi connectivity index (χ2v) is 7.28. The summed E-state index contributed by atoms with van der Waals surface area (Å²) in [6.45, 7) is 0.603. The molecule has 1 atom stereocenters. The first-order valence-electron chi connectivity index (χ1n) is 9.54. The molecule has 1 aliphatic heterocycles. The lowest BCUT2D eigenvalue weighted by Crippen LogP contribution is -2.51. The molecule has 1 saturated heterocycles. The van der Waals surface area contributed by atoms with Gasteiger partial charge in [-0.1, -0.05) is 12.8 Å². The first-order chi connectivity index (χ1) is 12.7. The third-order valence-corrected chi connectivity index (χ3v) is 5.69. The highest BCUT2D eigenvalue weighted by molar-refractivity contribution is 5.99. The lowest BCUT2D eigenvalue weighted by molar-refractivity contribution is -0.126. The lowest BCUT2D eigenvalue weighted by Gasteiger charge is -2.34. The molecule has 7 heteroatoms. The van der Waals surface area contributed by atoms with Crippen LogP contribution in [0, 0.1) is 0 Å². The van der Waals surface area contributed by atoms with Crippen molar-refractivity contribution in [1.82, 2.24) is 24.8 Å². The number of amides is 2. The van der Waals surface area contributed by atoms with Gasteiger partial charge in [-0.3, -0.25) is 9.59 Å². The number of hydrogen-bond acceptors (Lipinski definition) is 4. The molecule has 138 valence electrons. The van der Waals surface area contributed by atoms with Gasteiger partial charge in [-0.05, 0) is 38.2 Å². The van der Waals surface area contributed by atoms with Crippen molar-refractivity contribution in [1.29, 1.82) is 0 Å². The molecule has 0 radical (unpaired) electrons. The van der Waals surface area contributed by atoms with Crippen molar-refractivity contribution in [3.63, 3.8) is 0 Å². The fourth-order valence-electron chi connectivity index (χ4n) is 4.27. The first-order valence-corrected chi connectivity index (χ1v) is 9.54. The van der Waals surface area contributed by atoms with E-state index in [2.05, 4.69) is 19.9 Å². The Kier molecular flexibility index (Phi) is 4.61. The number of aromatic nitrogens is 3. The van der Waals surface area contributed by atoms with E-state index in [0.29, 0.717) is 24.6 Å². The zero-order chi connectivity index (χ0) is 18.1. The van der Waals surface area contributed by atoms with Gasteiger partial charge in [0.15, 0.2) is 5.65 Å². The van der Waals surface area contributed by atoms with E-state index in [1.54, 1.807) is 18.1 Å². The molecule has 1 aliphatic carbocycles. The first kappa shape index (κ1) is 17.0. The number of carbonyl (C=O) groups is 2. The molecule has 7 nitrogen and oxygen atoms in total. The molecule has 4 rings (SSSR count). The van der Waals surface area contributed by atoms with Crippen molar-refractivity contribution in [3.8, 4) is 0 Å². The zero-order valence-electron chi connectivity index (χ0n) is 15.1. The second-order valence-electron chi connectivity index (χ2n) is 7.28. The average molecular weight is 355 g/mol. The van der Waals surface area contributed by atoms with E-state index in [-0.39, 0.29) is 11.8 Å². The maximum absolute atomic E-state index is 13.0. The van der Waals surface area contributed by atoms with Gasteiger partial charge in [-0.2, -0.15) is 0 Å². The Labute approximate surface area is 152 Å². The van der Waals surface area contributed by atoms with Crippen LogP contribution in [0.4, 0.5) is 0 Å². The number of piperidine rings is 1. The van der Waals surface area contributed by atoms with Crippen LogP contribution in [-0.4, -0.2) is 50.9 Å². The molecular weight excluding hydrogens is 330 g/mol. The molecule has 2 aromatic rings. The Bertz CT molecular complexity index is 824. The number of pyridine rings is 1. The van der Waals surface area contributed by atoms with Gasteiger partial charge in [0, 0.05) is 25.8 Å². The number of likely N-dealkylation sites (N-methyl/N-ethyl adjacent to an activating group) is 1. The van der Waals surface area contributed by atoms with E-state index in [1.807, 2.05) is 12.4 Å². The quantitative estimate of drug-likeness (QED) is 0.916. The summed E-state index contributed by atoms with van der Waals surface area (Å²) in [5, 5.41) is 2.67. The van der Waals surface area contributed by atoms with Crippen LogP contribution < -0.4 is 5.32 Å². The van der Waals surface area contributed by atoms with Gasteiger partial charge in [0.1, 0.15) is 11.6 Å². The predicted molar refractivity (Wildman–Crippen MR) is 97.8 cm³/mol. The minimum Gasteiger partial charge on any atom is -0.357 e. The number of carbonyl (C=O) groups excluding carboxylic acids is 2. The fourth-order valence-corrected chi connectivity index (χ4v) is 4.27. The summed E-state index contributed by atoms with van der Waals surface area (Å²) in [5.74, 6) is -0.235. The summed E-state index contributed by atoms with van der Waals surface area (Å²) in [5.41, 5.74) is 2.09. The molecule has 0 bridgehead atoms. The Morgan fingerprint density at radius 2 is 1.88 bits per heavy atom. The van der Waals surface area contributed by atoms with Gasteiger partial charge in [-0.15, -0.1) is 0 Å². The molecule has 26 heavy (non-hydrogen) atoms. The number of likely N-dealkylation sites (tertiary alicyclic amines) is 1. The van der Waals surface area contributed by atoms with E-state index in [0.717, 1.165) is 36.8 Å². The maximum atomic E-state index is 13.0. The van der Waals surface area contributed by atoms with E-state index >= 15 is 0 Å². The van der Waals surface area contributed by atoms with Crippen molar-refractivity contribution in [2.24, 2.45) is 0 Å². The molecule has 2 aliphatic rings. The summed E-state index contributed by atoms with van der Waals surface area (Å²) in [6.07, 6.45) is 10.9. The molecule has 2 aromatic heterocycles. The molecule has 3 heterocycles. The highest BCUT2D eigenvalue weighted by Gasteiger charge is 2.32. The van der Waals surface area contributed by atoms with E-state index < -0.39 is 6.04 Å². The van der Waals surface area contributed by atoms with Crippen LogP contribution >= 0.6 is 0 Å². The molecule has 0 spiro atoms. The van der Waals surface area contributed by atoms with Gasteiger partial charge in [0.25, 0.3) is 5.91 Å². The van der Waals surface area contributed by atoms with Crippen molar-refractivity contribution in [2.45, 2.75) is 57.0 Å². The van der Waals surface area contributed by atoms with Gasteiger partial charge in [0.2, 0.25) is 5.91 Å². The van der Waals surface area contributed by atoms with Gasteiger partial charge in [0.05, 0.1) is 11.9 Å². The number of rotatable bonds is 3. The lowest BCUT2D eigenvalue weighted by atomic mass is 10.0. The highest BCUT2D eigenvalue weighted by atomic mass is 16.2. The third kappa shape index (κ3) is 2.95. The zero-order valence-corrected chi connectivity index (χ0v) is 15.1. The van der Waals surface area contributed by atoms with Crippen LogP contribution in [0.1, 0.15) is 61.3 Å². The minimum absolute atomic E-state index is 0.0994. The van der Waals surface area contributed by atoms with Crippen molar-refractivity contribution in [2.75, 3.05) is 13.6 Å². The maximum Gasteiger partial charge on any atom is 0.256 e. The van der Waals surface area contributed by atoms with Crippen LogP contribution in [-0.2, 0) is 4.79 Å². The molecule has 2 fully saturated rings. The number of fused-ring (bicyclic) bond motifs is 1. The Hall–Kier alpha value is -2.44. The highest BCUT2D eigenvalue weighted by Crippen LogP contribution is 2.31. The van der Waals surface area contributed by atoms with Crippen LogP contribution in [0.15, 0.2) is 18.6 Å². The molecule has 1 N–H and O–H groups in total. The predicted octanol–water partition coefficient (Wildman–Crippen LogP) is 2.29. The van der Waals surface area contributed by atoms with Crippen molar-refractivity contribution >= 4 is 23.0 Å². The van der Waals surface area contributed by atoms with Crippen LogP contribution in [0.2, 0.25) is 0 Å². The fraction of sp³-hybridized carbons (Fsp3) is 0.579. The number of nitrogens with one attached hydrogen (secondary N) is 1. The van der Waals surface area contributed by atoms with E-state index in [1.165, 1.54) is 12.8 Å². The van der Waals surface area contributed by atoms with Gasteiger partial charge in [-0.25, -0.2) is 9.97 Å². The van der Waals surface area contributed by atoms with Crippen LogP contribution in [0.25, 0.3) is 11.2 Å². The number of nitrogens with zero attached hydrogens (tertiary/aromatic N) is 4. The van der Waals surface area contributed by atoms with Gasteiger partial charge < -0.3 is 14.8 Å². The van der Waals surface area contributed by atoms with E-state index in [9.17, 15) is 9.59 Å². The largest absolute Gasteiger partial charge is 0.357 e. The summed E-state index contributed by atoms with van der Waals surface area (Å²) >= 11 is 0. The smallest absolute Gasteiger partial charge is 0.256 e. The Morgan fingerprint density at radius 1 is 1.12 bits per heavy atom. The SMILES string of the molecule is CNC(=O)C1CCCCN1C(=O)c1cnc2c(c1)ncn2C1CCCC1. The number of hydrogen-bond donors (Lipinski definition) is 1. The van der Waals surface area contributed by atoms with Gasteiger partial charge >= 0.3 is 0 Å². The summed E-state index contributed by atoms with van der Waals surface area (Å²) in [6, 6.07) is 1.88. The summed E-state index contributed by atoms with van der Waals surface area (Å²) < 4.78 is 2.14. The molecule has 1 saturated carbocycles. The minimum atomic E-state index is -0.395. The standard InChI is InChI=1S/C19H25N5O2/c1-20-18(25)16-8-4-5-9-23(16)19(26)13-10-15-17(21-11-13)24(12-22-15)14-6-2-3-7-14/h10-12,14,16H,2-9H2,1H3,(H,20,25). The number of imidazole rings is 1. The molecular formula is C19H25N5O2. The normalized spacial score (nSPS) is 21.3. The van der Waals surface area contributed by atoms with E-state index in [4.69, 9.17) is 0 Å². The van der Waals surface area contributed by atoms with Crippen molar-refractivity contribution < 1.29 is 9.59 Å². The Morgan fingerprint density at radius 3 is 2.65 bits per heavy atom. The summed E-state index contributed by atoms with van der Waals surface area (Å²) in [4.78, 5) is 35.8. The van der Waals surface area contributed by atoms with Crippen LogP contribution in [0.3, 0.4) is 0 Å². The Balaban J connectivity index is 1.61. The molecule has 2 amide bonds. The topological polar surface area (TPSA) is 80.1 Å². The van der Waals surface area contributed by atoms with Crippen LogP contribution in [0.5, 0.6) is 0 Å². The summed E-state index contributed by atoms with van der Waals surface area (Å²) in [7, 11) is 1.61. The monoisotopic (exact) mass is 355 g/mol. The second kappa shape index (κ2) is 7.05. The third-order valence-electron chi connectivity index (χ3n) is 5.69. The average Bonchev–Trinajstić information content (AvgIpc) is 3.35. The molecule has 1 unspecified atom stereocenters.